The minimum atomic E-state index is 0.739. The number of fused-ring (bicyclic) bond motifs is 6. The first-order valence-electron chi connectivity index (χ1n) is 7.60. The molecule has 2 heteroatoms. The van der Waals surface area contributed by atoms with Crippen LogP contribution in [0.4, 0.5) is 0 Å². The lowest BCUT2D eigenvalue weighted by Crippen LogP contribution is -2.58. The molecule has 17 heavy (non-hydrogen) atoms. The minimum Gasteiger partial charge on any atom is -0.310 e. The predicted molar refractivity (Wildman–Crippen MR) is 69.9 cm³/mol. The highest BCUT2D eigenvalue weighted by Crippen LogP contribution is 2.42. The fraction of sp³-hybridized carbons (Fsp3) is 0.867. The van der Waals surface area contributed by atoms with Gasteiger partial charge in [0.2, 0.25) is 0 Å². The van der Waals surface area contributed by atoms with Crippen molar-refractivity contribution in [1.82, 2.24) is 10.2 Å². The summed E-state index contributed by atoms with van der Waals surface area (Å²) in [5.74, 6) is 1.80. The zero-order chi connectivity index (χ0) is 11.2. The average Bonchev–Trinajstić information content (AvgIpc) is 2.39. The van der Waals surface area contributed by atoms with Gasteiger partial charge in [-0.3, -0.25) is 4.90 Å². The van der Waals surface area contributed by atoms with Gasteiger partial charge >= 0.3 is 0 Å². The molecule has 0 unspecified atom stereocenters. The van der Waals surface area contributed by atoms with Gasteiger partial charge < -0.3 is 5.32 Å². The molecule has 94 valence electrons. The lowest BCUT2D eigenvalue weighted by atomic mass is 9.68. The quantitative estimate of drug-likeness (QED) is 0.644. The molecule has 3 fully saturated rings. The van der Waals surface area contributed by atoms with E-state index in [1.54, 1.807) is 5.57 Å². The van der Waals surface area contributed by atoms with Crippen LogP contribution in [0.2, 0.25) is 0 Å². The van der Waals surface area contributed by atoms with Crippen molar-refractivity contribution in [3.05, 3.63) is 11.6 Å². The molecule has 0 spiro atoms. The molecule has 0 aromatic rings. The number of hydrogen-bond acceptors (Lipinski definition) is 2. The summed E-state index contributed by atoms with van der Waals surface area (Å²) in [5.41, 5.74) is 1.77. The summed E-state index contributed by atoms with van der Waals surface area (Å²) in [6, 6.07) is 1.64. The third kappa shape index (κ3) is 1.68. The highest BCUT2D eigenvalue weighted by Gasteiger charge is 2.43. The summed E-state index contributed by atoms with van der Waals surface area (Å²) in [7, 11) is 0. The van der Waals surface area contributed by atoms with E-state index in [-0.39, 0.29) is 0 Å². The molecule has 0 radical (unpaired) electrons. The van der Waals surface area contributed by atoms with Crippen LogP contribution in [0.5, 0.6) is 0 Å². The lowest BCUT2D eigenvalue weighted by molar-refractivity contribution is 0.0271. The van der Waals surface area contributed by atoms with Gasteiger partial charge in [0.15, 0.2) is 0 Å². The van der Waals surface area contributed by atoms with E-state index in [9.17, 15) is 0 Å². The first-order valence-corrected chi connectivity index (χ1v) is 7.60. The number of piperidine rings is 3. The van der Waals surface area contributed by atoms with E-state index < -0.39 is 0 Å². The first kappa shape index (κ1) is 10.6. The van der Waals surface area contributed by atoms with Gasteiger partial charge in [-0.1, -0.05) is 18.1 Å². The second-order valence-electron chi connectivity index (χ2n) is 6.49. The van der Waals surface area contributed by atoms with Crippen molar-refractivity contribution >= 4 is 0 Å². The van der Waals surface area contributed by atoms with Crippen LogP contribution in [-0.2, 0) is 0 Å². The van der Waals surface area contributed by atoms with Crippen LogP contribution in [0.1, 0.15) is 38.5 Å². The fourth-order valence-corrected chi connectivity index (χ4v) is 4.80. The molecule has 3 aliphatic heterocycles. The first-order chi connectivity index (χ1) is 8.42. The molecule has 3 heterocycles. The fourth-order valence-electron chi connectivity index (χ4n) is 4.80. The van der Waals surface area contributed by atoms with Gasteiger partial charge in [-0.25, -0.2) is 0 Å². The minimum absolute atomic E-state index is 0.739. The Kier molecular flexibility index (Phi) is 2.55. The van der Waals surface area contributed by atoms with Crippen LogP contribution in [0.3, 0.4) is 0 Å². The maximum absolute atomic E-state index is 3.78. The van der Waals surface area contributed by atoms with Gasteiger partial charge in [-0.15, -0.1) is 0 Å². The molecule has 4 aliphatic rings. The number of nitrogens with one attached hydrogen (secondary N) is 1. The molecule has 0 aromatic heterocycles. The molecule has 0 aromatic carbocycles. The molecular weight excluding hydrogens is 208 g/mol. The molecular formula is C15H24N2. The third-order valence-corrected chi connectivity index (χ3v) is 5.51. The summed E-state index contributed by atoms with van der Waals surface area (Å²) >= 11 is 0. The third-order valence-electron chi connectivity index (χ3n) is 5.51. The molecule has 3 saturated heterocycles. The van der Waals surface area contributed by atoms with Gasteiger partial charge in [0.25, 0.3) is 0 Å². The van der Waals surface area contributed by atoms with Gasteiger partial charge in [0, 0.05) is 18.6 Å². The molecule has 2 bridgehead atoms. The second kappa shape index (κ2) is 4.10. The number of nitrogens with zero attached hydrogens (tertiary/aromatic N) is 1. The Bertz CT molecular complexity index is 336. The summed E-state index contributed by atoms with van der Waals surface area (Å²) < 4.78 is 0. The van der Waals surface area contributed by atoms with Crippen molar-refractivity contribution in [3.8, 4) is 0 Å². The SMILES string of the molecule is C1=C2CCCN[C@@H]2[C@H]2C[C@H]1[C@@H]1CCCCN1C2. The topological polar surface area (TPSA) is 15.3 Å². The van der Waals surface area contributed by atoms with Crippen LogP contribution in [-0.4, -0.2) is 36.6 Å². The van der Waals surface area contributed by atoms with E-state index in [0.29, 0.717) is 0 Å². The van der Waals surface area contributed by atoms with E-state index in [4.69, 9.17) is 0 Å². The summed E-state index contributed by atoms with van der Waals surface area (Å²) in [6.45, 7) is 3.98. The van der Waals surface area contributed by atoms with Crippen molar-refractivity contribution in [2.45, 2.75) is 50.6 Å². The molecule has 1 N–H and O–H groups in total. The van der Waals surface area contributed by atoms with E-state index in [1.807, 2.05) is 0 Å². The largest absolute Gasteiger partial charge is 0.310 e. The van der Waals surface area contributed by atoms with Gasteiger partial charge in [-0.05, 0) is 57.0 Å². The second-order valence-corrected chi connectivity index (χ2v) is 6.49. The lowest BCUT2D eigenvalue weighted by Gasteiger charge is -2.52. The Balaban J connectivity index is 1.64. The van der Waals surface area contributed by atoms with Crippen LogP contribution in [0.25, 0.3) is 0 Å². The van der Waals surface area contributed by atoms with Gasteiger partial charge in [0.05, 0.1) is 0 Å². The predicted octanol–water partition coefficient (Wildman–Crippen LogP) is 2.17. The molecule has 1 aliphatic carbocycles. The van der Waals surface area contributed by atoms with E-state index in [2.05, 4.69) is 16.3 Å². The molecule has 2 nitrogen and oxygen atoms in total. The maximum atomic E-state index is 3.78. The van der Waals surface area contributed by atoms with Crippen molar-refractivity contribution in [2.24, 2.45) is 11.8 Å². The molecule has 0 saturated carbocycles. The van der Waals surface area contributed by atoms with Gasteiger partial charge in [-0.2, -0.15) is 0 Å². The highest BCUT2D eigenvalue weighted by molar-refractivity contribution is 5.23. The molecule has 4 atom stereocenters. The maximum Gasteiger partial charge on any atom is 0.0320 e. The average molecular weight is 232 g/mol. The number of rotatable bonds is 0. The van der Waals surface area contributed by atoms with Crippen LogP contribution in [0.15, 0.2) is 11.6 Å². The Morgan fingerprint density at radius 3 is 3.24 bits per heavy atom. The Morgan fingerprint density at radius 2 is 2.24 bits per heavy atom. The van der Waals surface area contributed by atoms with E-state index in [0.717, 1.165) is 23.9 Å². The van der Waals surface area contributed by atoms with Crippen molar-refractivity contribution < 1.29 is 0 Å². The van der Waals surface area contributed by atoms with E-state index >= 15 is 0 Å². The van der Waals surface area contributed by atoms with Crippen molar-refractivity contribution in [1.29, 1.82) is 0 Å². The van der Waals surface area contributed by atoms with Gasteiger partial charge in [0.1, 0.15) is 0 Å². The standard InChI is InChI=1S/C15H24N2/c1-2-7-17-10-13-9-12(14(17)5-1)8-11-4-3-6-16-15(11)13/h8,12-16H,1-7,9-10H2/t12-,13-,14-,15-/m0/s1. The smallest absolute Gasteiger partial charge is 0.0320 e. The Labute approximate surface area is 104 Å². The summed E-state index contributed by atoms with van der Waals surface area (Å²) in [5, 5.41) is 3.78. The van der Waals surface area contributed by atoms with Crippen LogP contribution in [0, 0.1) is 11.8 Å². The van der Waals surface area contributed by atoms with Crippen molar-refractivity contribution in [3.63, 3.8) is 0 Å². The zero-order valence-electron chi connectivity index (χ0n) is 10.7. The van der Waals surface area contributed by atoms with Crippen molar-refractivity contribution in [2.75, 3.05) is 19.6 Å². The monoisotopic (exact) mass is 232 g/mol. The summed E-state index contributed by atoms with van der Waals surface area (Å²) in [4.78, 5) is 2.81. The molecule has 4 rings (SSSR count). The van der Waals surface area contributed by atoms with Crippen LogP contribution >= 0.6 is 0 Å². The Morgan fingerprint density at radius 1 is 1.24 bits per heavy atom. The normalized spacial score (nSPS) is 45.8. The zero-order valence-corrected chi connectivity index (χ0v) is 10.7. The number of hydrogen-bond donors (Lipinski definition) is 1. The van der Waals surface area contributed by atoms with Crippen LogP contribution < -0.4 is 5.32 Å². The summed E-state index contributed by atoms with van der Waals surface area (Å²) in [6.07, 6.45) is 11.2. The molecule has 0 amide bonds. The van der Waals surface area contributed by atoms with E-state index in [1.165, 1.54) is 58.2 Å². The highest BCUT2D eigenvalue weighted by atomic mass is 15.2. The Hall–Kier alpha value is -0.340.